The van der Waals surface area contributed by atoms with Crippen molar-refractivity contribution in [1.29, 1.82) is 0 Å². The molecule has 0 aromatic rings. The molecule has 0 aromatic heterocycles. The molecule has 2 aliphatic heterocycles. The van der Waals surface area contributed by atoms with Gasteiger partial charge in [-0.15, -0.1) is 0 Å². The van der Waals surface area contributed by atoms with E-state index in [-0.39, 0.29) is 17.3 Å². The number of hydrogen-bond acceptors (Lipinski definition) is 3. The molecule has 2 rings (SSSR count). The average molecular weight is 282 g/mol. The van der Waals surface area contributed by atoms with Crippen molar-refractivity contribution in [3.05, 3.63) is 0 Å². The second-order valence-electron chi connectivity index (χ2n) is 6.51. The number of oxime groups is 1. The zero-order chi connectivity index (χ0) is 14.8. The van der Waals surface area contributed by atoms with Gasteiger partial charge in [-0.2, -0.15) is 0 Å². The molecule has 1 unspecified atom stereocenters. The third-order valence-corrected chi connectivity index (χ3v) is 4.79. The van der Waals surface area contributed by atoms with E-state index in [1.165, 1.54) is 6.42 Å². The minimum atomic E-state index is -0.291. The lowest BCUT2D eigenvalue weighted by molar-refractivity contribution is 0.109. The van der Waals surface area contributed by atoms with E-state index in [1.54, 1.807) is 0 Å². The number of nitrogens with two attached hydrogens (primary N) is 1. The van der Waals surface area contributed by atoms with E-state index >= 15 is 0 Å². The highest BCUT2D eigenvalue weighted by atomic mass is 16.4. The number of carbonyl (C=O) groups is 1. The Bertz CT molecular complexity index is 389. The lowest BCUT2D eigenvalue weighted by Crippen LogP contribution is -2.52. The molecular weight excluding hydrogens is 256 g/mol. The van der Waals surface area contributed by atoms with Crippen molar-refractivity contribution in [2.24, 2.45) is 22.2 Å². The summed E-state index contributed by atoms with van der Waals surface area (Å²) in [6, 6.07) is 0.151. The number of amidine groups is 1. The summed E-state index contributed by atoms with van der Waals surface area (Å²) in [5.41, 5.74) is 5.46. The van der Waals surface area contributed by atoms with Crippen molar-refractivity contribution in [2.45, 2.75) is 39.5 Å². The Morgan fingerprint density at radius 1 is 1.30 bits per heavy atom. The summed E-state index contributed by atoms with van der Waals surface area (Å²) >= 11 is 0. The normalized spacial score (nSPS) is 27.5. The average Bonchev–Trinajstić information content (AvgIpc) is 2.46. The molecule has 2 aliphatic rings. The van der Waals surface area contributed by atoms with Crippen molar-refractivity contribution in [2.75, 3.05) is 26.2 Å². The van der Waals surface area contributed by atoms with Crippen LogP contribution in [-0.2, 0) is 0 Å². The molecule has 1 atom stereocenters. The van der Waals surface area contributed by atoms with E-state index in [0.29, 0.717) is 19.0 Å². The van der Waals surface area contributed by atoms with Crippen LogP contribution in [-0.4, -0.2) is 53.1 Å². The van der Waals surface area contributed by atoms with Crippen molar-refractivity contribution >= 4 is 11.9 Å². The minimum absolute atomic E-state index is 0.151. The second-order valence-corrected chi connectivity index (χ2v) is 6.51. The molecule has 0 spiro atoms. The molecule has 6 heteroatoms. The van der Waals surface area contributed by atoms with Crippen molar-refractivity contribution in [3.8, 4) is 0 Å². The predicted molar refractivity (Wildman–Crippen MR) is 77.7 cm³/mol. The standard InChI is InChI=1S/C14H26N4O2/c1-11-4-3-7-18(10-11)13(19)17-8-5-14(2,6-9-17)12(15)16-20/h11,20H,3-10H2,1-2H3,(H2,15,16). The highest BCUT2D eigenvalue weighted by Gasteiger charge is 2.37. The quantitative estimate of drug-likeness (QED) is 0.332. The predicted octanol–water partition coefficient (Wildman–Crippen LogP) is 1.69. The number of piperidine rings is 2. The molecule has 0 saturated carbocycles. The number of amides is 2. The summed E-state index contributed by atoms with van der Waals surface area (Å²) in [6.45, 7) is 7.29. The van der Waals surface area contributed by atoms with Gasteiger partial charge in [-0.3, -0.25) is 0 Å². The molecular formula is C14H26N4O2. The van der Waals surface area contributed by atoms with Crippen molar-refractivity contribution in [3.63, 3.8) is 0 Å². The van der Waals surface area contributed by atoms with Crippen LogP contribution in [0.3, 0.4) is 0 Å². The van der Waals surface area contributed by atoms with Crippen molar-refractivity contribution in [1.82, 2.24) is 9.80 Å². The Hall–Kier alpha value is -1.46. The lowest BCUT2D eigenvalue weighted by Gasteiger charge is -2.41. The highest BCUT2D eigenvalue weighted by molar-refractivity contribution is 5.86. The van der Waals surface area contributed by atoms with E-state index in [9.17, 15) is 4.79 Å². The van der Waals surface area contributed by atoms with Gasteiger partial charge in [-0.1, -0.05) is 19.0 Å². The van der Waals surface area contributed by atoms with Gasteiger partial charge in [0.25, 0.3) is 0 Å². The van der Waals surface area contributed by atoms with E-state index in [2.05, 4.69) is 12.1 Å². The van der Waals surface area contributed by atoms with Crippen LogP contribution in [0.1, 0.15) is 39.5 Å². The number of urea groups is 1. The van der Waals surface area contributed by atoms with Crippen LogP contribution in [0.15, 0.2) is 5.16 Å². The SMILES string of the molecule is CC1CCCN(C(=O)N2CCC(C)(C(N)=NO)CC2)C1. The molecule has 0 radical (unpaired) electrons. The van der Waals surface area contributed by atoms with Gasteiger partial charge >= 0.3 is 6.03 Å². The number of likely N-dealkylation sites (tertiary alicyclic amines) is 2. The maximum absolute atomic E-state index is 12.5. The van der Waals surface area contributed by atoms with Crippen LogP contribution in [0.25, 0.3) is 0 Å². The summed E-state index contributed by atoms with van der Waals surface area (Å²) in [7, 11) is 0. The first-order valence-electron chi connectivity index (χ1n) is 7.48. The molecule has 2 heterocycles. The van der Waals surface area contributed by atoms with E-state index in [0.717, 1.165) is 32.4 Å². The number of carbonyl (C=O) groups excluding carboxylic acids is 1. The topological polar surface area (TPSA) is 82.2 Å². The van der Waals surface area contributed by atoms with Crippen LogP contribution < -0.4 is 5.73 Å². The van der Waals surface area contributed by atoms with E-state index < -0.39 is 0 Å². The Kier molecular flexibility index (Phi) is 4.40. The molecule has 2 fully saturated rings. The van der Waals surface area contributed by atoms with Gasteiger partial charge in [0.1, 0.15) is 5.84 Å². The summed E-state index contributed by atoms with van der Waals surface area (Å²) in [5, 5.41) is 12.0. The van der Waals surface area contributed by atoms with E-state index in [4.69, 9.17) is 10.9 Å². The zero-order valence-corrected chi connectivity index (χ0v) is 12.5. The number of rotatable bonds is 1. The fourth-order valence-electron chi connectivity index (χ4n) is 3.13. The highest BCUT2D eigenvalue weighted by Crippen LogP contribution is 2.31. The monoisotopic (exact) mass is 282 g/mol. The summed E-state index contributed by atoms with van der Waals surface area (Å²) < 4.78 is 0. The maximum Gasteiger partial charge on any atom is 0.320 e. The van der Waals surface area contributed by atoms with Crippen LogP contribution in [0.4, 0.5) is 4.79 Å². The zero-order valence-electron chi connectivity index (χ0n) is 12.5. The fraction of sp³-hybridized carbons (Fsp3) is 0.857. The van der Waals surface area contributed by atoms with Gasteiger partial charge < -0.3 is 20.7 Å². The van der Waals surface area contributed by atoms with Gasteiger partial charge in [-0.25, -0.2) is 4.79 Å². The number of hydrogen-bond donors (Lipinski definition) is 2. The van der Waals surface area contributed by atoms with Crippen LogP contribution in [0.5, 0.6) is 0 Å². The number of nitrogens with zero attached hydrogens (tertiary/aromatic N) is 3. The smallest absolute Gasteiger partial charge is 0.320 e. The van der Waals surface area contributed by atoms with Gasteiger partial charge in [0.05, 0.1) is 0 Å². The first kappa shape index (κ1) is 14.9. The summed E-state index contributed by atoms with van der Waals surface area (Å²) in [6.07, 6.45) is 3.81. The molecule has 20 heavy (non-hydrogen) atoms. The summed E-state index contributed by atoms with van der Waals surface area (Å²) in [4.78, 5) is 16.4. The minimum Gasteiger partial charge on any atom is -0.409 e. The van der Waals surface area contributed by atoms with Gasteiger partial charge in [0.15, 0.2) is 0 Å². The van der Waals surface area contributed by atoms with Crippen LogP contribution in [0, 0.1) is 11.3 Å². The third kappa shape index (κ3) is 2.99. The van der Waals surface area contributed by atoms with Crippen molar-refractivity contribution < 1.29 is 10.0 Å². The molecule has 2 amide bonds. The first-order valence-corrected chi connectivity index (χ1v) is 7.48. The Labute approximate surface area is 120 Å². The van der Waals surface area contributed by atoms with Gasteiger partial charge in [-0.05, 0) is 31.6 Å². The lowest BCUT2D eigenvalue weighted by atomic mass is 9.79. The largest absolute Gasteiger partial charge is 0.409 e. The van der Waals surface area contributed by atoms with E-state index in [1.807, 2.05) is 16.7 Å². The molecule has 3 N–H and O–H groups in total. The first-order chi connectivity index (χ1) is 9.46. The molecule has 6 nitrogen and oxygen atoms in total. The Morgan fingerprint density at radius 3 is 2.50 bits per heavy atom. The van der Waals surface area contributed by atoms with Crippen LogP contribution >= 0.6 is 0 Å². The fourth-order valence-corrected chi connectivity index (χ4v) is 3.13. The van der Waals surface area contributed by atoms with Gasteiger partial charge in [0.2, 0.25) is 0 Å². The second kappa shape index (κ2) is 5.89. The Balaban J connectivity index is 1.92. The third-order valence-electron chi connectivity index (χ3n) is 4.79. The molecule has 0 aliphatic carbocycles. The molecule has 114 valence electrons. The molecule has 0 aromatic carbocycles. The maximum atomic E-state index is 12.5. The molecule has 2 saturated heterocycles. The molecule has 0 bridgehead atoms. The van der Waals surface area contributed by atoms with Crippen LogP contribution in [0.2, 0.25) is 0 Å². The summed E-state index contributed by atoms with van der Waals surface area (Å²) in [5.74, 6) is 0.871. The Morgan fingerprint density at radius 2 is 1.95 bits per heavy atom. The van der Waals surface area contributed by atoms with Gasteiger partial charge in [0, 0.05) is 31.6 Å².